The van der Waals surface area contributed by atoms with Gasteiger partial charge in [0.2, 0.25) is 0 Å². The van der Waals surface area contributed by atoms with E-state index in [1.54, 1.807) is 0 Å². The number of nitrogens with two attached hydrogens (primary N) is 1. The molecule has 2 unspecified atom stereocenters. The van der Waals surface area contributed by atoms with Gasteiger partial charge in [-0.25, -0.2) is 0 Å². The lowest BCUT2D eigenvalue weighted by atomic mass is 10.1. The maximum atomic E-state index is 6.09. The van der Waals surface area contributed by atoms with E-state index in [1.165, 1.54) is 12.8 Å². The van der Waals surface area contributed by atoms with Crippen molar-refractivity contribution in [2.75, 3.05) is 26.3 Å². The fourth-order valence-corrected chi connectivity index (χ4v) is 1.98. The summed E-state index contributed by atoms with van der Waals surface area (Å²) < 4.78 is 5.39. The Morgan fingerprint density at radius 1 is 1.54 bits per heavy atom. The van der Waals surface area contributed by atoms with E-state index in [2.05, 4.69) is 11.8 Å². The molecule has 2 aliphatic rings. The summed E-state index contributed by atoms with van der Waals surface area (Å²) >= 11 is 0. The monoisotopic (exact) mass is 184 g/mol. The quantitative estimate of drug-likeness (QED) is 0.692. The number of hydrogen-bond acceptors (Lipinski definition) is 3. The first-order valence-electron chi connectivity index (χ1n) is 5.35. The molecular weight excluding hydrogens is 164 g/mol. The zero-order chi connectivity index (χ0) is 9.26. The summed E-state index contributed by atoms with van der Waals surface area (Å²) in [6, 6.07) is 0.957. The number of morpholine rings is 1. The first-order valence-corrected chi connectivity index (χ1v) is 5.35. The summed E-state index contributed by atoms with van der Waals surface area (Å²) in [5.41, 5.74) is 6.09. The van der Waals surface area contributed by atoms with Crippen LogP contribution in [0.2, 0.25) is 0 Å². The van der Waals surface area contributed by atoms with E-state index in [0.29, 0.717) is 12.1 Å². The predicted octanol–water partition coefficient (Wildman–Crippen LogP) is 0.444. The van der Waals surface area contributed by atoms with E-state index < -0.39 is 0 Å². The summed E-state index contributed by atoms with van der Waals surface area (Å²) in [4.78, 5) is 2.46. The number of nitrogens with zero attached hydrogens (tertiary/aromatic N) is 1. The normalized spacial score (nSPS) is 33.2. The first kappa shape index (κ1) is 9.44. The van der Waals surface area contributed by atoms with Crippen molar-refractivity contribution in [1.29, 1.82) is 0 Å². The van der Waals surface area contributed by atoms with Gasteiger partial charge in [0.1, 0.15) is 0 Å². The fraction of sp³-hybridized carbons (Fsp3) is 1.00. The zero-order valence-electron chi connectivity index (χ0n) is 8.41. The Morgan fingerprint density at radius 3 is 2.92 bits per heavy atom. The van der Waals surface area contributed by atoms with Gasteiger partial charge >= 0.3 is 0 Å². The molecule has 1 aliphatic carbocycles. The molecule has 1 saturated heterocycles. The highest BCUT2D eigenvalue weighted by Gasteiger charge is 2.31. The summed E-state index contributed by atoms with van der Waals surface area (Å²) in [5, 5.41) is 0. The van der Waals surface area contributed by atoms with Crippen LogP contribution in [0.25, 0.3) is 0 Å². The molecule has 0 aromatic rings. The molecule has 76 valence electrons. The molecule has 0 bridgehead atoms. The summed E-state index contributed by atoms with van der Waals surface area (Å²) in [7, 11) is 0. The minimum atomic E-state index is 0.403. The summed E-state index contributed by atoms with van der Waals surface area (Å²) in [6.45, 7) is 6.09. The molecule has 2 rings (SSSR count). The lowest BCUT2D eigenvalue weighted by Gasteiger charge is -2.34. The van der Waals surface area contributed by atoms with Gasteiger partial charge in [0.25, 0.3) is 0 Å². The Hall–Kier alpha value is -0.120. The van der Waals surface area contributed by atoms with Crippen molar-refractivity contribution in [3.8, 4) is 0 Å². The predicted molar refractivity (Wildman–Crippen MR) is 52.6 cm³/mol. The van der Waals surface area contributed by atoms with Crippen molar-refractivity contribution in [2.24, 2.45) is 11.7 Å². The second kappa shape index (κ2) is 3.95. The van der Waals surface area contributed by atoms with Gasteiger partial charge in [-0.1, -0.05) is 0 Å². The first-order chi connectivity index (χ1) is 6.27. The van der Waals surface area contributed by atoms with Crippen LogP contribution in [0.1, 0.15) is 19.8 Å². The third kappa shape index (κ3) is 2.42. The molecular formula is C10H20N2O. The Bertz CT molecular complexity index is 170. The number of ether oxygens (including phenoxy) is 1. The van der Waals surface area contributed by atoms with E-state index in [0.717, 1.165) is 32.2 Å². The third-order valence-electron chi connectivity index (χ3n) is 3.18. The molecule has 1 heterocycles. The van der Waals surface area contributed by atoms with Gasteiger partial charge in [0.05, 0.1) is 13.2 Å². The Balaban J connectivity index is 1.77. The molecule has 1 saturated carbocycles. The van der Waals surface area contributed by atoms with Gasteiger partial charge in [-0.15, -0.1) is 0 Å². The molecule has 3 heteroatoms. The average molecular weight is 184 g/mol. The van der Waals surface area contributed by atoms with E-state index in [-0.39, 0.29) is 0 Å². The van der Waals surface area contributed by atoms with Crippen molar-refractivity contribution >= 4 is 0 Å². The maximum Gasteiger partial charge on any atom is 0.0619 e. The van der Waals surface area contributed by atoms with Gasteiger partial charge in [-0.2, -0.15) is 0 Å². The van der Waals surface area contributed by atoms with Crippen LogP contribution in [0.15, 0.2) is 0 Å². The third-order valence-corrected chi connectivity index (χ3v) is 3.18. The smallest absolute Gasteiger partial charge is 0.0619 e. The lowest BCUT2D eigenvalue weighted by Crippen LogP contribution is -2.49. The summed E-state index contributed by atoms with van der Waals surface area (Å²) in [6.07, 6.45) is 2.69. The van der Waals surface area contributed by atoms with E-state index in [4.69, 9.17) is 10.5 Å². The van der Waals surface area contributed by atoms with E-state index in [9.17, 15) is 0 Å². The van der Waals surface area contributed by atoms with Crippen LogP contribution in [-0.4, -0.2) is 43.3 Å². The molecule has 1 aliphatic heterocycles. The molecule has 2 N–H and O–H groups in total. The minimum absolute atomic E-state index is 0.403. The number of hydrogen-bond donors (Lipinski definition) is 1. The molecule has 0 spiro atoms. The van der Waals surface area contributed by atoms with Crippen LogP contribution in [0.5, 0.6) is 0 Å². The van der Waals surface area contributed by atoms with Gasteiger partial charge in [-0.3, -0.25) is 4.90 Å². The highest BCUT2D eigenvalue weighted by atomic mass is 16.5. The van der Waals surface area contributed by atoms with Crippen LogP contribution in [0, 0.1) is 5.92 Å². The Labute approximate surface area is 80.2 Å². The molecule has 3 nitrogen and oxygen atoms in total. The zero-order valence-corrected chi connectivity index (χ0v) is 8.41. The lowest BCUT2D eigenvalue weighted by molar-refractivity contribution is -0.00355. The SMILES string of the molecule is CC1COCCN1CC(N)C1CC1. The second-order valence-electron chi connectivity index (χ2n) is 4.42. The van der Waals surface area contributed by atoms with Crippen LogP contribution in [0.3, 0.4) is 0 Å². The van der Waals surface area contributed by atoms with Gasteiger partial charge < -0.3 is 10.5 Å². The minimum Gasteiger partial charge on any atom is -0.379 e. The molecule has 2 fully saturated rings. The van der Waals surface area contributed by atoms with Crippen LogP contribution >= 0.6 is 0 Å². The largest absolute Gasteiger partial charge is 0.379 e. The molecule has 2 atom stereocenters. The van der Waals surface area contributed by atoms with Gasteiger partial charge in [0.15, 0.2) is 0 Å². The van der Waals surface area contributed by atoms with Gasteiger partial charge in [0, 0.05) is 25.2 Å². The molecule has 13 heavy (non-hydrogen) atoms. The van der Waals surface area contributed by atoms with Crippen molar-refractivity contribution in [1.82, 2.24) is 4.90 Å². The molecule has 0 aromatic carbocycles. The van der Waals surface area contributed by atoms with E-state index in [1.807, 2.05) is 0 Å². The second-order valence-corrected chi connectivity index (χ2v) is 4.42. The summed E-state index contributed by atoms with van der Waals surface area (Å²) in [5.74, 6) is 0.815. The Kier molecular flexibility index (Phi) is 2.86. The highest BCUT2D eigenvalue weighted by molar-refractivity contribution is 4.87. The highest BCUT2D eigenvalue weighted by Crippen LogP contribution is 2.32. The Morgan fingerprint density at radius 2 is 2.31 bits per heavy atom. The standard InChI is InChI=1S/C10H20N2O/c1-8-7-13-5-4-12(8)6-10(11)9-2-3-9/h8-10H,2-7,11H2,1H3. The molecule has 0 radical (unpaired) electrons. The van der Waals surface area contributed by atoms with Crippen LogP contribution in [-0.2, 0) is 4.74 Å². The van der Waals surface area contributed by atoms with Crippen molar-refractivity contribution in [3.05, 3.63) is 0 Å². The van der Waals surface area contributed by atoms with Crippen molar-refractivity contribution in [3.63, 3.8) is 0 Å². The van der Waals surface area contributed by atoms with Crippen LogP contribution in [0.4, 0.5) is 0 Å². The average Bonchev–Trinajstić information content (AvgIpc) is 2.91. The van der Waals surface area contributed by atoms with Gasteiger partial charge in [-0.05, 0) is 25.7 Å². The maximum absolute atomic E-state index is 6.09. The topological polar surface area (TPSA) is 38.5 Å². The van der Waals surface area contributed by atoms with Crippen molar-refractivity contribution < 1.29 is 4.74 Å². The number of rotatable bonds is 3. The fourth-order valence-electron chi connectivity index (χ4n) is 1.98. The van der Waals surface area contributed by atoms with Crippen LogP contribution < -0.4 is 5.73 Å². The van der Waals surface area contributed by atoms with E-state index >= 15 is 0 Å². The molecule has 0 amide bonds. The molecule has 0 aromatic heterocycles. The van der Waals surface area contributed by atoms with Crippen molar-refractivity contribution in [2.45, 2.75) is 31.8 Å².